The molecule has 56 valence electrons. The van der Waals surface area contributed by atoms with Gasteiger partial charge in [-0.15, -0.1) is 0 Å². The number of hydrogen-bond donors (Lipinski definition) is 2. The molecule has 0 atom stereocenters. The van der Waals surface area contributed by atoms with Crippen LogP contribution in [-0.4, -0.2) is 16.7 Å². The Balaban J connectivity index is 2.70. The van der Waals surface area contributed by atoms with E-state index in [0.29, 0.717) is 12.5 Å². The Morgan fingerprint density at radius 3 is 3.10 bits per heavy atom. The summed E-state index contributed by atoms with van der Waals surface area (Å²) in [5, 5.41) is 8.73. The first kappa shape index (κ1) is 7.15. The molecule has 0 radical (unpaired) electrons. The Hall–Kier alpha value is -0.960. The predicted molar refractivity (Wildman–Crippen MR) is 37.9 cm³/mol. The normalized spacial score (nSPS) is 9.80. The van der Waals surface area contributed by atoms with E-state index in [9.17, 15) is 0 Å². The third-order valence-corrected chi connectivity index (χ3v) is 1.25. The van der Waals surface area contributed by atoms with Crippen LogP contribution in [0.25, 0.3) is 0 Å². The molecule has 0 saturated carbocycles. The number of hydrogen-bond acceptors (Lipinski definition) is 2. The van der Waals surface area contributed by atoms with E-state index in [-0.39, 0.29) is 6.61 Å². The van der Waals surface area contributed by atoms with Crippen LogP contribution in [0.15, 0.2) is 12.3 Å². The molecule has 1 rings (SSSR count). The fraction of sp³-hybridized carbons (Fsp3) is 0.429. The van der Waals surface area contributed by atoms with E-state index in [1.807, 2.05) is 6.92 Å². The molecule has 10 heavy (non-hydrogen) atoms. The Kier molecular flexibility index (Phi) is 2.34. The molecule has 2 N–H and O–H groups in total. The summed E-state index contributed by atoms with van der Waals surface area (Å²) in [6.45, 7) is 2.55. The van der Waals surface area contributed by atoms with Crippen molar-refractivity contribution in [2.75, 3.05) is 6.61 Å². The van der Waals surface area contributed by atoms with Crippen molar-refractivity contribution in [1.82, 2.24) is 4.98 Å². The Labute approximate surface area is 59.6 Å². The van der Waals surface area contributed by atoms with E-state index in [0.717, 1.165) is 5.56 Å². The summed E-state index contributed by atoms with van der Waals surface area (Å²) in [6, 6.07) is 1.80. The topological polar surface area (TPSA) is 45.2 Å². The molecule has 0 saturated heterocycles. The first-order valence-corrected chi connectivity index (χ1v) is 3.28. The standard InChI is InChI=1S/C7H11NO2/c1-2-10-7-6(5-9)3-4-8-7/h3-4,8-9H,2,5H2,1H3. The van der Waals surface area contributed by atoms with Crippen molar-refractivity contribution >= 4 is 0 Å². The summed E-state index contributed by atoms with van der Waals surface area (Å²) >= 11 is 0. The summed E-state index contributed by atoms with van der Waals surface area (Å²) in [7, 11) is 0. The third-order valence-electron chi connectivity index (χ3n) is 1.25. The van der Waals surface area contributed by atoms with Crippen LogP contribution in [0, 0.1) is 0 Å². The van der Waals surface area contributed by atoms with Crippen molar-refractivity contribution in [2.45, 2.75) is 13.5 Å². The maximum atomic E-state index is 8.73. The van der Waals surface area contributed by atoms with Gasteiger partial charge in [-0.1, -0.05) is 0 Å². The molecule has 0 fully saturated rings. The number of nitrogens with one attached hydrogen (secondary N) is 1. The highest BCUT2D eigenvalue weighted by Gasteiger charge is 2.00. The predicted octanol–water partition coefficient (Wildman–Crippen LogP) is 0.906. The van der Waals surface area contributed by atoms with Gasteiger partial charge in [-0.2, -0.15) is 0 Å². The van der Waals surface area contributed by atoms with Gasteiger partial charge in [0.15, 0.2) is 5.88 Å². The molecule has 1 aromatic heterocycles. The van der Waals surface area contributed by atoms with Gasteiger partial charge < -0.3 is 14.8 Å². The van der Waals surface area contributed by atoms with E-state index < -0.39 is 0 Å². The van der Waals surface area contributed by atoms with Gasteiger partial charge in [-0.3, -0.25) is 0 Å². The fourth-order valence-electron chi connectivity index (χ4n) is 0.790. The molecule has 0 bridgehead atoms. The molecule has 3 heteroatoms. The SMILES string of the molecule is CCOc1[nH]ccc1CO. The van der Waals surface area contributed by atoms with Gasteiger partial charge in [0.1, 0.15) is 0 Å². The molecular formula is C7H11NO2. The number of rotatable bonds is 3. The Morgan fingerprint density at radius 2 is 2.50 bits per heavy atom. The zero-order chi connectivity index (χ0) is 7.40. The van der Waals surface area contributed by atoms with Crippen LogP contribution >= 0.6 is 0 Å². The van der Waals surface area contributed by atoms with Gasteiger partial charge in [-0.25, -0.2) is 0 Å². The van der Waals surface area contributed by atoms with Crippen molar-refractivity contribution in [3.63, 3.8) is 0 Å². The molecule has 0 amide bonds. The fourth-order valence-corrected chi connectivity index (χ4v) is 0.790. The van der Waals surface area contributed by atoms with Gasteiger partial charge in [-0.05, 0) is 13.0 Å². The number of ether oxygens (including phenoxy) is 1. The van der Waals surface area contributed by atoms with Crippen molar-refractivity contribution in [3.8, 4) is 5.88 Å². The molecule has 1 aromatic rings. The number of aromatic nitrogens is 1. The van der Waals surface area contributed by atoms with Gasteiger partial charge >= 0.3 is 0 Å². The van der Waals surface area contributed by atoms with Crippen LogP contribution in [0.5, 0.6) is 5.88 Å². The summed E-state index contributed by atoms with van der Waals surface area (Å²) < 4.78 is 5.15. The average Bonchev–Trinajstić information content (AvgIpc) is 2.36. The molecule has 0 aromatic carbocycles. The summed E-state index contributed by atoms with van der Waals surface area (Å²) in [6.07, 6.45) is 1.75. The largest absolute Gasteiger partial charge is 0.479 e. The number of aromatic amines is 1. The number of aliphatic hydroxyl groups is 1. The summed E-state index contributed by atoms with van der Waals surface area (Å²) in [4.78, 5) is 2.88. The number of H-pyrrole nitrogens is 1. The second-order valence-corrected chi connectivity index (χ2v) is 1.92. The lowest BCUT2D eigenvalue weighted by atomic mass is 10.3. The van der Waals surface area contributed by atoms with Gasteiger partial charge in [0, 0.05) is 11.8 Å². The maximum Gasteiger partial charge on any atom is 0.196 e. The quantitative estimate of drug-likeness (QED) is 0.657. The molecule has 3 nitrogen and oxygen atoms in total. The highest BCUT2D eigenvalue weighted by atomic mass is 16.5. The third kappa shape index (κ3) is 1.30. The molecule has 0 aliphatic carbocycles. The van der Waals surface area contributed by atoms with E-state index in [1.165, 1.54) is 0 Å². The molecule has 0 unspecified atom stereocenters. The zero-order valence-corrected chi connectivity index (χ0v) is 5.92. The van der Waals surface area contributed by atoms with Gasteiger partial charge in [0.25, 0.3) is 0 Å². The lowest BCUT2D eigenvalue weighted by molar-refractivity contribution is 0.265. The lowest BCUT2D eigenvalue weighted by Crippen LogP contribution is -1.94. The first-order valence-electron chi connectivity index (χ1n) is 3.28. The highest BCUT2D eigenvalue weighted by Crippen LogP contribution is 2.14. The van der Waals surface area contributed by atoms with E-state index in [4.69, 9.17) is 9.84 Å². The van der Waals surface area contributed by atoms with Crippen LogP contribution in [0.1, 0.15) is 12.5 Å². The molecule has 0 aliphatic heterocycles. The maximum absolute atomic E-state index is 8.73. The molecule has 0 spiro atoms. The lowest BCUT2D eigenvalue weighted by Gasteiger charge is -2.00. The van der Waals surface area contributed by atoms with E-state index in [1.54, 1.807) is 12.3 Å². The van der Waals surface area contributed by atoms with Crippen LogP contribution in [0.4, 0.5) is 0 Å². The minimum Gasteiger partial charge on any atom is -0.479 e. The average molecular weight is 141 g/mol. The Bertz CT molecular complexity index is 195. The van der Waals surface area contributed by atoms with Crippen LogP contribution in [-0.2, 0) is 6.61 Å². The molecule has 0 aliphatic rings. The minimum absolute atomic E-state index is 0.0266. The van der Waals surface area contributed by atoms with E-state index in [2.05, 4.69) is 4.98 Å². The number of aliphatic hydroxyl groups excluding tert-OH is 1. The van der Waals surface area contributed by atoms with Crippen molar-refractivity contribution in [1.29, 1.82) is 0 Å². The molecular weight excluding hydrogens is 130 g/mol. The van der Waals surface area contributed by atoms with Crippen molar-refractivity contribution in [2.24, 2.45) is 0 Å². The first-order chi connectivity index (χ1) is 4.88. The van der Waals surface area contributed by atoms with Crippen molar-refractivity contribution < 1.29 is 9.84 Å². The van der Waals surface area contributed by atoms with Gasteiger partial charge in [0.2, 0.25) is 0 Å². The van der Waals surface area contributed by atoms with Crippen molar-refractivity contribution in [3.05, 3.63) is 17.8 Å². The summed E-state index contributed by atoms with van der Waals surface area (Å²) in [5.74, 6) is 0.671. The monoisotopic (exact) mass is 141 g/mol. The molecule has 1 heterocycles. The van der Waals surface area contributed by atoms with Crippen LogP contribution in [0.3, 0.4) is 0 Å². The van der Waals surface area contributed by atoms with Crippen LogP contribution < -0.4 is 4.74 Å². The van der Waals surface area contributed by atoms with Gasteiger partial charge in [0.05, 0.1) is 13.2 Å². The minimum atomic E-state index is 0.0266. The second kappa shape index (κ2) is 3.27. The summed E-state index contributed by atoms with van der Waals surface area (Å²) in [5.41, 5.74) is 0.807. The second-order valence-electron chi connectivity index (χ2n) is 1.92. The smallest absolute Gasteiger partial charge is 0.196 e. The highest BCUT2D eigenvalue weighted by molar-refractivity contribution is 5.25. The zero-order valence-electron chi connectivity index (χ0n) is 5.92. The van der Waals surface area contributed by atoms with Crippen LogP contribution in [0.2, 0.25) is 0 Å². The Morgan fingerprint density at radius 1 is 1.70 bits per heavy atom. The van der Waals surface area contributed by atoms with E-state index >= 15 is 0 Å².